The number of amidine groups is 1. The smallest absolute Gasteiger partial charge is 0.205 e. The molecule has 9 aromatic rings. The van der Waals surface area contributed by atoms with E-state index in [2.05, 4.69) is 91.1 Å². The molecule has 26 nitrogen and oxygen atoms in total. The zero-order valence-electron chi connectivity index (χ0n) is 71.6. The summed E-state index contributed by atoms with van der Waals surface area (Å²) < 4.78 is 32.9. The number of anilines is 1. The van der Waals surface area contributed by atoms with Crippen LogP contribution >= 0.6 is 24.0 Å². The van der Waals surface area contributed by atoms with Crippen LogP contribution in [0, 0.1) is 49.4 Å². The first-order valence-corrected chi connectivity index (χ1v) is 40.3. The molecule has 8 aromatic carbocycles. The molecule has 2 aliphatic rings. The highest BCUT2D eigenvalue weighted by atomic mass is 32.2. The summed E-state index contributed by atoms with van der Waals surface area (Å²) in [7, 11) is 6.47. The van der Waals surface area contributed by atoms with E-state index in [0.29, 0.717) is 81.1 Å². The van der Waals surface area contributed by atoms with E-state index in [-0.39, 0.29) is 53.2 Å². The fourth-order valence-electron chi connectivity index (χ4n) is 12.9. The van der Waals surface area contributed by atoms with Gasteiger partial charge < -0.3 is 65.1 Å². The number of ketones is 3. The van der Waals surface area contributed by atoms with Crippen molar-refractivity contribution in [2.75, 3.05) is 99.5 Å². The van der Waals surface area contributed by atoms with Gasteiger partial charge in [-0.1, -0.05) is 73.7 Å². The number of hydrogen-bond acceptors (Lipinski definition) is 24. The Morgan fingerprint density at radius 1 is 0.580 bits per heavy atom. The number of aromatic nitrogens is 3. The van der Waals surface area contributed by atoms with E-state index in [1.54, 1.807) is 63.3 Å². The Hall–Kier alpha value is -11.1. The maximum Gasteiger partial charge on any atom is 0.205 e. The molecule has 0 unspecified atom stereocenters. The fraction of sp³-hybridized carbons (Fsp3) is 0.385. The second-order valence-corrected chi connectivity index (χ2v) is 30.4. The summed E-state index contributed by atoms with van der Waals surface area (Å²) in [5.41, 5.74) is 25.7. The van der Waals surface area contributed by atoms with E-state index in [9.17, 15) is 29.7 Å². The lowest BCUT2D eigenvalue weighted by Gasteiger charge is -2.26. The molecule has 0 aliphatic carbocycles. The molecule has 2 aliphatic heterocycles. The molecule has 1 aromatic heterocycles. The van der Waals surface area contributed by atoms with Crippen LogP contribution in [0.2, 0.25) is 0 Å². The molecule has 28 heteroatoms. The summed E-state index contributed by atoms with van der Waals surface area (Å²) in [6.45, 7) is 34.8. The van der Waals surface area contributed by atoms with Gasteiger partial charge in [0.25, 0.3) is 0 Å². The predicted molar refractivity (Wildman–Crippen MR) is 478 cm³/mol. The minimum Gasteiger partial charge on any atom is -0.508 e. The first-order chi connectivity index (χ1) is 56.4. The summed E-state index contributed by atoms with van der Waals surface area (Å²) in [6, 6.07) is 46.2. The first kappa shape index (κ1) is 100. The van der Waals surface area contributed by atoms with Gasteiger partial charge in [-0.05, 0) is 279 Å². The van der Waals surface area contributed by atoms with Crippen molar-refractivity contribution in [1.29, 1.82) is 16.3 Å². The van der Waals surface area contributed by atoms with Crippen LogP contribution in [0.25, 0.3) is 17.1 Å². The van der Waals surface area contributed by atoms with E-state index in [4.69, 9.17) is 67.9 Å². The van der Waals surface area contributed by atoms with Gasteiger partial charge in [-0.25, -0.2) is 21.9 Å². The Kier molecular flexibility index (Phi) is 43.7. The number of benzene rings is 8. The number of nitriles is 1. The van der Waals surface area contributed by atoms with Crippen LogP contribution in [0.15, 0.2) is 162 Å². The van der Waals surface area contributed by atoms with Crippen molar-refractivity contribution in [2.45, 2.75) is 144 Å². The largest absolute Gasteiger partial charge is 0.508 e. The van der Waals surface area contributed by atoms with Crippen molar-refractivity contribution in [3.63, 3.8) is 0 Å². The van der Waals surface area contributed by atoms with Gasteiger partial charge in [-0.3, -0.25) is 28.8 Å². The molecule has 3 heterocycles. The number of phenolic OH excluding ortho intramolecular Hbond substituents is 4. The molecule has 0 saturated carbocycles. The van der Waals surface area contributed by atoms with Crippen LogP contribution in [0.4, 0.5) is 11.4 Å². The maximum absolute atomic E-state index is 13.3. The van der Waals surface area contributed by atoms with Crippen LogP contribution < -0.4 is 35.5 Å². The second kappa shape index (κ2) is 51.9. The van der Waals surface area contributed by atoms with Crippen molar-refractivity contribution in [2.24, 2.45) is 10.8 Å². The molecule has 0 radical (unpaired) electrons. The third-order valence-electron chi connectivity index (χ3n) is 19.3. The quantitative estimate of drug-likeness (QED) is 0.00245. The van der Waals surface area contributed by atoms with Crippen LogP contribution in [0.5, 0.6) is 46.0 Å². The zero-order valence-corrected chi connectivity index (χ0v) is 73.3. The number of hydrogen-bond donors (Lipinski definition) is 9. The number of methoxy groups -OCH3 is 4. The average molecular weight is 1670 g/mol. The standard InChI is InChI=1S/C27H34N4O4.C18H23N3O2.C18H21NO2S.C10H17NO3.C10H14O.C8H7NOS.H2N2.H2O.H2/c1-18(2)22-17-23(25(33)16-19(22)3)26-28-29-27(31(26)20-7-9-21(34-4)10-8-20)24(32)6-5-11-30-12-14-35-15-13-30;1-11(2)15-10-16(17(22)9-12(15)3)18(21-19)20-13-5-7-14(23-4)8-6-13;1-11(2)15-10-16(17(20)9-12(15)3)18(22)19-13-5-7-14(21-4)8-6-13;1-9(12)10(13)3-2-4-11-5-7-14-8-6-11;1-7(2)10-5-4-9(11)6-8(10)3;1-10-7-2-4-8(5-3-7)11-6-9;1-2;;/h7-10,16-18,33H,5-6,11-15H2,1-4H3;5-11,22H,19H2,1-4H3,(H,20,21);5-11,20H,1-4H3,(H,19,22);2-8H2,1H3;4-7,11H,1-3H3;2-5H,1H3;1-2H;1H2;1H. The van der Waals surface area contributed by atoms with Gasteiger partial charge in [-0.2, -0.15) is 5.26 Å². The predicted octanol–water partition coefficient (Wildman–Crippen LogP) is 17.7. The van der Waals surface area contributed by atoms with Gasteiger partial charge in [-0.15, -0.1) is 10.2 Å². The summed E-state index contributed by atoms with van der Waals surface area (Å²) in [4.78, 5) is 45.4. The van der Waals surface area contributed by atoms with Crippen LogP contribution in [-0.2, 0) is 19.1 Å². The third-order valence-corrected chi connectivity index (χ3v) is 20.2. The zero-order chi connectivity index (χ0) is 87.1. The highest BCUT2D eigenvalue weighted by molar-refractivity contribution is 8.03. The van der Waals surface area contributed by atoms with Gasteiger partial charge in [0.1, 0.15) is 56.4 Å². The minimum absolute atomic E-state index is 0. The van der Waals surface area contributed by atoms with Gasteiger partial charge in [0.05, 0.1) is 77.2 Å². The number of aromatic hydroxyl groups is 4. The first-order valence-electron chi connectivity index (χ1n) is 39.1. The molecule has 12 N–H and O–H groups in total. The van der Waals surface area contributed by atoms with E-state index in [1.165, 1.54) is 23.6 Å². The number of aliphatic imine (C=N–C) groups is 1. The lowest BCUT2D eigenvalue weighted by molar-refractivity contribution is -0.135. The third kappa shape index (κ3) is 31.9. The molecule has 11 rings (SSSR count). The number of ether oxygens (including phenoxy) is 6. The van der Waals surface area contributed by atoms with E-state index in [1.807, 2.05) is 154 Å². The average Bonchev–Trinajstić information content (AvgIpc) is 1.61. The Balaban J connectivity index is 0.000000388. The number of phenols is 4. The molecular formula is C91H122N12O14S2. The number of carbonyl (C=O) groups excluding carboxylic acids is 3. The van der Waals surface area contributed by atoms with Crippen molar-refractivity contribution in [1.82, 2.24) is 30.0 Å². The fourth-order valence-corrected chi connectivity index (χ4v) is 13.5. The monoisotopic (exact) mass is 1670 g/mol. The molecule has 642 valence electrons. The Labute approximate surface area is 712 Å². The van der Waals surface area contributed by atoms with E-state index < -0.39 is 0 Å². The number of hydrazine groups is 1. The second-order valence-electron chi connectivity index (χ2n) is 29.1. The molecular weight excluding hydrogens is 1550 g/mol. The molecule has 0 atom stereocenters. The number of carbonyl (C=O) groups is 3. The number of thiocyanates is 1. The van der Waals surface area contributed by atoms with Crippen molar-refractivity contribution in [3.05, 3.63) is 213 Å². The van der Waals surface area contributed by atoms with Crippen molar-refractivity contribution >= 4 is 63.5 Å². The van der Waals surface area contributed by atoms with Gasteiger partial charge in [0.15, 0.2) is 23.2 Å². The van der Waals surface area contributed by atoms with Crippen molar-refractivity contribution < 1.29 is 70.1 Å². The van der Waals surface area contributed by atoms with Gasteiger partial charge in [0.2, 0.25) is 11.6 Å². The van der Waals surface area contributed by atoms with Crippen LogP contribution in [-0.4, -0.2) is 173 Å². The number of rotatable bonds is 25. The Morgan fingerprint density at radius 2 is 1.00 bits per heavy atom. The Morgan fingerprint density at radius 3 is 1.45 bits per heavy atom. The summed E-state index contributed by atoms with van der Waals surface area (Å²) in [5.74, 6) is 11.5. The summed E-state index contributed by atoms with van der Waals surface area (Å²) in [5, 5.41) is 62.6. The molecule has 2 saturated heterocycles. The molecule has 0 spiro atoms. The molecule has 0 bridgehead atoms. The normalized spacial score (nSPS) is 12.4. The van der Waals surface area contributed by atoms with Crippen LogP contribution in [0.3, 0.4) is 0 Å². The number of thiocarbonyl (C=S) groups is 1. The molecule has 2 fully saturated rings. The number of thioether (sulfide) groups is 1. The van der Waals surface area contributed by atoms with Gasteiger partial charge >= 0.3 is 0 Å². The number of nitrogens with two attached hydrogens (primary N) is 1. The number of morpholine rings is 2. The number of nitrogens with one attached hydrogen (secondary N) is 4. The molecule has 0 amide bonds. The summed E-state index contributed by atoms with van der Waals surface area (Å²) in [6.07, 6.45) is 2.25. The Bertz CT molecular complexity index is 4740. The van der Waals surface area contributed by atoms with E-state index in [0.717, 1.165) is 152 Å². The van der Waals surface area contributed by atoms with Gasteiger partial charge in [0, 0.05) is 63.6 Å². The lowest BCUT2D eigenvalue weighted by atomic mass is 9.95. The topological polar surface area (TPSA) is 390 Å². The lowest BCUT2D eigenvalue weighted by Crippen LogP contribution is -2.37. The number of nitrogens with zero attached hydrogens (tertiary/aromatic N) is 7. The maximum atomic E-state index is 13.3. The SMILES string of the molecule is CC(=O)C(=O)CCCN1CCOCC1.COc1ccc(-n2c(C(=O)CCCN3CCOCC3)nnc2-c2cc(C(C)C)c(C)cc2O)cc1.COc1ccc(N=C(NN)c2cc(C(C)C)c(C)cc2O)cc1.COc1ccc(NC(=S)c2cc(C(C)C)c(C)cc2O)cc1.COc1ccc(SC#N)cc1.Cc1cc(O)ccc1C(C)C.N=N.O.[HH]. The van der Waals surface area contributed by atoms with E-state index >= 15 is 0 Å². The van der Waals surface area contributed by atoms with Crippen LogP contribution in [0.1, 0.15) is 179 Å². The number of aryl methyl sites for hydroxylation is 4. The minimum atomic E-state index is -0.327. The summed E-state index contributed by atoms with van der Waals surface area (Å²) >= 11 is 6.58. The highest BCUT2D eigenvalue weighted by Crippen LogP contribution is 2.37. The highest BCUT2D eigenvalue weighted by Gasteiger charge is 2.26. The number of Topliss-reactive ketones (excluding diaryl/α,β-unsaturated/α-hetero) is 3. The molecule has 119 heavy (non-hydrogen) atoms. The van der Waals surface area contributed by atoms with Crippen molar-refractivity contribution in [3.8, 4) is 68.5 Å².